The van der Waals surface area contributed by atoms with Gasteiger partial charge in [0.1, 0.15) is 5.58 Å². The molecule has 0 fully saturated rings. The van der Waals surface area contributed by atoms with Crippen molar-refractivity contribution in [2.75, 3.05) is 4.90 Å². The van der Waals surface area contributed by atoms with Gasteiger partial charge in [0.05, 0.1) is 11.4 Å². The Kier molecular flexibility index (Phi) is 6.39. The highest BCUT2D eigenvalue weighted by Gasteiger charge is 2.40. The van der Waals surface area contributed by atoms with E-state index in [1.165, 1.54) is 55.3 Å². The van der Waals surface area contributed by atoms with Crippen LogP contribution in [0.25, 0.3) is 66.1 Å². The molecule has 258 valence electrons. The number of rotatable bonds is 4. The summed E-state index contributed by atoms with van der Waals surface area (Å²) in [5.74, 6) is 0. The van der Waals surface area contributed by atoms with Crippen LogP contribution in [0.3, 0.4) is 0 Å². The largest absolute Gasteiger partial charge is 0.453 e. The molecule has 0 amide bonds. The van der Waals surface area contributed by atoms with E-state index in [9.17, 15) is 0 Å². The van der Waals surface area contributed by atoms with Crippen LogP contribution in [-0.4, -0.2) is 0 Å². The van der Waals surface area contributed by atoms with Crippen molar-refractivity contribution in [3.63, 3.8) is 0 Å². The van der Waals surface area contributed by atoms with Gasteiger partial charge in [-0.1, -0.05) is 155 Å². The van der Waals surface area contributed by atoms with E-state index in [4.69, 9.17) is 4.42 Å². The first kappa shape index (κ1) is 31.2. The first-order valence-corrected chi connectivity index (χ1v) is 19.0. The minimum absolute atomic E-state index is 0.0725. The average Bonchev–Trinajstić information content (AvgIpc) is 3.70. The third-order valence-corrected chi connectivity index (χ3v) is 12.5. The van der Waals surface area contributed by atoms with Crippen molar-refractivity contribution < 1.29 is 4.42 Å². The average molecular weight is 694 g/mol. The van der Waals surface area contributed by atoms with Crippen LogP contribution < -0.4 is 4.90 Å². The Morgan fingerprint density at radius 1 is 0.389 bits per heavy atom. The van der Waals surface area contributed by atoms with E-state index in [-0.39, 0.29) is 10.8 Å². The second-order valence-corrected chi connectivity index (χ2v) is 16.1. The van der Waals surface area contributed by atoms with Gasteiger partial charge in [0, 0.05) is 38.2 Å². The van der Waals surface area contributed by atoms with Crippen molar-refractivity contribution in [3.05, 3.63) is 186 Å². The summed E-state index contributed by atoms with van der Waals surface area (Å²) in [6.07, 6.45) is 0. The summed E-state index contributed by atoms with van der Waals surface area (Å²) in [6, 6.07) is 60.0. The second kappa shape index (κ2) is 11.1. The van der Waals surface area contributed by atoms with E-state index < -0.39 is 0 Å². The highest BCUT2D eigenvalue weighted by Crippen LogP contribution is 2.57. The number of anilines is 3. The Morgan fingerprint density at radius 2 is 0.963 bits per heavy atom. The lowest BCUT2D eigenvalue weighted by Gasteiger charge is -2.37. The molecule has 2 heteroatoms. The fourth-order valence-electron chi connectivity index (χ4n) is 9.78. The molecule has 0 N–H and O–H groups in total. The van der Waals surface area contributed by atoms with Crippen LogP contribution in [-0.2, 0) is 10.8 Å². The summed E-state index contributed by atoms with van der Waals surface area (Å²) in [7, 11) is 0. The molecular weight excluding hydrogens is 655 g/mol. The van der Waals surface area contributed by atoms with Crippen LogP contribution in [0.1, 0.15) is 49.9 Å². The van der Waals surface area contributed by atoms with Crippen LogP contribution in [0.2, 0.25) is 0 Å². The van der Waals surface area contributed by atoms with Gasteiger partial charge in [-0.3, -0.25) is 0 Å². The summed E-state index contributed by atoms with van der Waals surface area (Å²) in [5.41, 5.74) is 17.9. The van der Waals surface area contributed by atoms with Gasteiger partial charge >= 0.3 is 0 Å². The Morgan fingerprint density at radius 3 is 1.74 bits per heavy atom. The smallest absolute Gasteiger partial charge is 0.159 e. The first-order chi connectivity index (χ1) is 26.3. The third-order valence-electron chi connectivity index (χ3n) is 12.5. The number of benzene rings is 8. The van der Waals surface area contributed by atoms with Gasteiger partial charge in [0.15, 0.2) is 5.58 Å². The fraction of sp³-hybridized carbons (Fsp3) is 0.115. The maximum absolute atomic E-state index is 7.01. The molecule has 0 atom stereocenters. The van der Waals surface area contributed by atoms with E-state index in [2.05, 4.69) is 196 Å². The van der Waals surface area contributed by atoms with Gasteiger partial charge in [0.25, 0.3) is 0 Å². The van der Waals surface area contributed by atoms with E-state index >= 15 is 0 Å². The van der Waals surface area contributed by atoms with Gasteiger partial charge in [0.2, 0.25) is 0 Å². The van der Waals surface area contributed by atoms with E-state index in [0.717, 1.165) is 50.1 Å². The molecule has 0 saturated carbocycles. The summed E-state index contributed by atoms with van der Waals surface area (Å²) in [6.45, 7) is 9.57. The van der Waals surface area contributed by atoms with Gasteiger partial charge in [-0.25, -0.2) is 0 Å². The lowest BCUT2D eigenvalue weighted by Crippen LogP contribution is -2.25. The van der Waals surface area contributed by atoms with Gasteiger partial charge in [-0.15, -0.1) is 0 Å². The zero-order valence-corrected chi connectivity index (χ0v) is 30.9. The fourth-order valence-corrected chi connectivity index (χ4v) is 9.78. The number of hydrogen-bond acceptors (Lipinski definition) is 2. The van der Waals surface area contributed by atoms with Gasteiger partial charge < -0.3 is 9.32 Å². The molecule has 0 saturated heterocycles. The minimum Gasteiger partial charge on any atom is -0.453 e. The summed E-state index contributed by atoms with van der Waals surface area (Å²) in [4.78, 5) is 2.40. The zero-order chi connectivity index (χ0) is 36.3. The number of nitrogens with zero attached hydrogens (tertiary/aromatic N) is 1. The number of fused-ring (bicyclic) bond motifs is 8. The SMILES string of the molecule is CC1(C)c2ccccc2-c2cc3c(cc21)-c1ccc(N(c2ccccc2)c2cccc4c2oc2c(-c5ccccc5)cccc24)c2cccc(c12)C3(C)C. The molecule has 2 aliphatic rings. The van der Waals surface area contributed by atoms with Crippen LogP contribution in [0, 0.1) is 0 Å². The Labute approximate surface area is 315 Å². The first-order valence-electron chi connectivity index (χ1n) is 19.0. The van der Waals surface area contributed by atoms with Crippen LogP contribution in [0.4, 0.5) is 17.1 Å². The Hall–Kier alpha value is -6.38. The normalized spacial score (nSPS) is 14.6. The predicted molar refractivity (Wildman–Crippen MR) is 226 cm³/mol. The molecule has 1 aromatic heterocycles. The Balaban J connectivity index is 1.17. The molecule has 8 aromatic carbocycles. The van der Waals surface area contributed by atoms with Crippen molar-refractivity contribution in [1.29, 1.82) is 0 Å². The molecule has 2 aliphatic carbocycles. The van der Waals surface area contributed by atoms with Crippen molar-refractivity contribution in [3.8, 4) is 33.4 Å². The van der Waals surface area contributed by atoms with Crippen LogP contribution in [0.5, 0.6) is 0 Å². The molecule has 0 bridgehead atoms. The van der Waals surface area contributed by atoms with E-state index in [0.29, 0.717) is 0 Å². The summed E-state index contributed by atoms with van der Waals surface area (Å²) < 4.78 is 7.01. The maximum atomic E-state index is 7.01. The van der Waals surface area contributed by atoms with Crippen molar-refractivity contribution in [2.24, 2.45) is 0 Å². The molecule has 11 rings (SSSR count). The predicted octanol–water partition coefficient (Wildman–Crippen LogP) is 14.5. The molecule has 0 spiro atoms. The van der Waals surface area contributed by atoms with E-state index in [1.54, 1.807) is 0 Å². The van der Waals surface area contributed by atoms with Gasteiger partial charge in [-0.2, -0.15) is 0 Å². The van der Waals surface area contributed by atoms with Gasteiger partial charge in [-0.05, 0) is 91.9 Å². The highest BCUT2D eigenvalue weighted by molar-refractivity contribution is 6.16. The summed E-state index contributed by atoms with van der Waals surface area (Å²) >= 11 is 0. The maximum Gasteiger partial charge on any atom is 0.159 e. The Bertz CT molecular complexity index is 2980. The standard InChI is InChI=1S/C52H39NO/c1-51(2)42-25-12-11-20-35(42)40-30-45-41(31-44(40)51)36-28-29-46(39-24-14-26-43(48(36)39)52(45,3)4)53(33-18-9-6-10-19-33)47-27-15-23-38-37-22-13-21-34(49(37)54-50(38)47)32-16-7-5-8-17-32/h5-31H,1-4H3. The molecule has 2 nitrogen and oxygen atoms in total. The molecule has 0 unspecified atom stereocenters. The van der Waals surface area contributed by atoms with Crippen molar-refractivity contribution in [1.82, 2.24) is 0 Å². The molecule has 9 aromatic rings. The molecule has 0 radical (unpaired) electrons. The van der Waals surface area contributed by atoms with Crippen LogP contribution >= 0.6 is 0 Å². The quantitative estimate of drug-likeness (QED) is 0.182. The molecule has 54 heavy (non-hydrogen) atoms. The zero-order valence-electron chi connectivity index (χ0n) is 30.9. The highest BCUT2D eigenvalue weighted by atomic mass is 16.3. The van der Waals surface area contributed by atoms with Crippen molar-refractivity contribution in [2.45, 2.75) is 38.5 Å². The minimum atomic E-state index is -0.207. The molecule has 0 aliphatic heterocycles. The molecular formula is C52H39NO. The monoisotopic (exact) mass is 693 g/mol. The van der Waals surface area contributed by atoms with Crippen molar-refractivity contribution >= 4 is 49.8 Å². The number of furan rings is 1. The third kappa shape index (κ3) is 4.17. The molecule has 1 heterocycles. The van der Waals surface area contributed by atoms with E-state index in [1.807, 2.05) is 0 Å². The lowest BCUT2D eigenvalue weighted by molar-refractivity contribution is 0.639. The second-order valence-electron chi connectivity index (χ2n) is 16.1. The number of para-hydroxylation sites is 3. The summed E-state index contributed by atoms with van der Waals surface area (Å²) in [5, 5.41) is 4.78. The lowest BCUT2D eigenvalue weighted by atomic mass is 9.67. The number of hydrogen-bond donors (Lipinski definition) is 0. The van der Waals surface area contributed by atoms with Crippen LogP contribution in [0.15, 0.2) is 168 Å². The topological polar surface area (TPSA) is 16.4 Å².